The fourth-order valence-electron chi connectivity index (χ4n) is 4.86. The smallest absolute Gasteiger partial charge is 0.328 e. The normalized spacial score (nSPS) is 13.7. The van der Waals surface area contributed by atoms with E-state index in [1.54, 1.807) is 18.2 Å². The summed E-state index contributed by atoms with van der Waals surface area (Å²) in [6.07, 6.45) is 4.49. The molecule has 1 unspecified atom stereocenters. The van der Waals surface area contributed by atoms with Crippen LogP contribution in [0.3, 0.4) is 0 Å². The number of amides is 4. The maximum atomic E-state index is 13.2. The Morgan fingerprint density at radius 2 is 1.58 bits per heavy atom. The predicted octanol–water partition coefficient (Wildman–Crippen LogP) is 2.25. The van der Waals surface area contributed by atoms with Crippen LogP contribution in [0.15, 0.2) is 91.1 Å². The third-order valence-electron chi connectivity index (χ3n) is 7.14. The molecule has 1 aromatic heterocycles. The average Bonchev–Trinajstić information content (AvgIpc) is 3.55. The first-order valence-electron chi connectivity index (χ1n) is 14.4. The third kappa shape index (κ3) is 10.6. The van der Waals surface area contributed by atoms with Gasteiger partial charge >= 0.3 is 18.0 Å². The number of carboxylic acid groups (broad SMARTS) is 2. The number of rotatable bonds is 11. The van der Waals surface area contributed by atoms with E-state index in [1.807, 2.05) is 54.7 Å². The zero-order chi connectivity index (χ0) is 33.2. The van der Waals surface area contributed by atoms with Gasteiger partial charge in [0, 0.05) is 53.5 Å². The van der Waals surface area contributed by atoms with Crippen molar-refractivity contribution in [2.75, 3.05) is 26.0 Å². The molecular formula is C34H39N5O9. The van der Waals surface area contributed by atoms with E-state index in [1.165, 1.54) is 10.5 Å². The number of hydrogen-bond donors (Lipinski definition) is 5. The molecule has 5 rings (SSSR count). The number of carbonyl (C=O) groups excluding carboxylic acids is 3. The molecule has 3 aromatic carbocycles. The van der Waals surface area contributed by atoms with Gasteiger partial charge in [-0.1, -0.05) is 36.4 Å². The molecule has 0 aliphatic carbocycles. The van der Waals surface area contributed by atoms with Crippen molar-refractivity contribution in [2.24, 2.45) is 0 Å². The second-order valence-electron chi connectivity index (χ2n) is 10.9. The topological polar surface area (TPSA) is 235 Å². The first kappa shape index (κ1) is 38.4. The van der Waals surface area contributed by atoms with Crippen LogP contribution in [0.1, 0.15) is 27.0 Å². The molecule has 1 saturated heterocycles. The van der Waals surface area contributed by atoms with Gasteiger partial charge in [-0.25, -0.2) is 14.4 Å². The third-order valence-corrected chi connectivity index (χ3v) is 7.14. The lowest BCUT2D eigenvalue weighted by atomic mass is 10.0. The molecule has 4 amide bonds. The highest BCUT2D eigenvalue weighted by Crippen LogP contribution is 2.23. The molecule has 0 bridgehead atoms. The second kappa shape index (κ2) is 17.8. The van der Waals surface area contributed by atoms with Crippen molar-refractivity contribution >= 4 is 46.4 Å². The van der Waals surface area contributed by atoms with Crippen LogP contribution >= 0.6 is 0 Å². The Bertz CT molecular complexity index is 1750. The lowest BCUT2D eigenvalue weighted by Gasteiger charge is -2.14. The lowest BCUT2D eigenvalue weighted by Crippen LogP contribution is -2.32. The van der Waals surface area contributed by atoms with Crippen molar-refractivity contribution in [3.8, 4) is 0 Å². The number of anilines is 1. The fraction of sp³-hybridized carbons (Fsp3) is 0.206. The van der Waals surface area contributed by atoms with Gasteiger partial charge in [0.25, 0.3) is 11.8 Å². The molecule has 4 aromatic rings. The van der Waals surface area contributed by atoms with Gasteiger partial charge in [-0.05, 0) is 73.6 Å². The minimum absolute atomic E-state index is 0. The number of carboxylic acids is 2. The summed E-state index contributed by atoms with van der Waals surface area (Å²) < 4.78 is 0. The van der Waals surface area contributed by atoms with Crippen molar-refractivity contribution in [2.45, 2.75) is 25.4 Å². The van der Waals surface area contributed by atoms with E-state index in [9.17, 15) is 24.0 Å². The standard InChI is InChI=1S/C30H31N5O3.C4H4O4.2H2O/c1-34(2)14-13-23-18-31-26-12-11-20(16-25(23)26)17-27-29(37)35(30(38)33-27)19-21-7-6-8-22(15-21)28(36)32-24-9-4-3-5-10-24;5-3(6)1-2-4(7)8;;/h3-12,15-16,18,27,31H,13-14,17,19H2,1-2H3,(H,32,36)(H,33,38);1-2H,(H,5,6)(H,7,8);2*1H2/b;2-1-;;. The monoisotopic (exact) mass is 661 g/mol. The number of para-hydroxylation sites is 1. The molecule has 0 saturated carbocycles. The number of nitrogens with zero attached hydrogens (tertiary/aromatic N) is 2. The molecule has 48 heavy (non-hydrogen) atoms. The highest BCUT2D eigenvalue weighted by atomic mass is 16.4. The Kier molecular flexibility index (Phi) is 14.2. The number of nitrogens with one attached hydrogen (secondary N) is 3. The number of hydrogen-bond acceptors (Lipinski definition) is 6. The second-order valence-corrected chi connectivity index (χ2v) is 10.9. The van der Waals surface area contributed by atoms with Gasteiger partial charge in [0.15, 0.2) is 0 Å². The first-order valence-corrected chi connectivity index (χ1v) is 14.4. The van der Waals surface area contributed by atoms with E-state index in [4.69, 9.17) is 10.2 Å². The highest BCUT2D eigenvalue weighted by molar-refractivity contribution is 6.05. The molecule has 14 nitrogen and oxygen atoms in total. The number of carbonyl (C=O) groups is 5. The summed E-state index contributed by atoms with van der Waals surface area (Å²) in [5.41, 5.74) is 5.14. The molecule has 2 heterocycles. The number of benzene rings is 3. The number of H-pyrrole nitrogens is 1. The van der Waals surface area contributed by atoms with Crippen LogP contribution in [0, 0.1) is 0 Å². The van der Waals surface area contributed by atoms with E-state index in [0.717, 1.165) is 29.4 Å². The quantitative estimate of drug-likeness (QED) is 0.118. The molecule has 0 spiro atoms. The maximum Gasteiger partial charge on any atom is 0.328 e. The number of likely N-dealkylation sites (N-methyl/N-ethyl adjacent to an activating group) is 1. The summed E-state index contributed by atoms with van der Waals surface area (Å²) in [6.45, 7) is 1.04. The number of aliphatic carboxylic acids is 2. The number of fused-ring (bicyclic) bond motifs is 1. The van der Waals surface area contributed by atoms with Crippen molar-refractivity contribution in [1.82, 2.24) is 20.1 Å². The summed E-state index contributed by atoms with van der Waals surface area (Å²) >= 11 is 0. The van der Waals surface area contributed by atoms with Crippen LogP contribution < -0.4 is 10.6 Å². The molecular weight excluding hydrogens is 622 g/mol. The minimum atomic E-state index is -1.26. The number of aromatic amines is 1. The summed E-state index contributed by atoms with van der Waals surface area (Å²) in [4.78, 5) is 64.4. The Balaban J connectivity index is 0.000000715. The van der Waals surface area contributed by atoms with Crippen LogP contribution in [0.5, 0.6) is 0 Å². The van der Waals surface area contributed by atoms with Crippen LogP contribution in [0.2, 0.25) is 0 Å². The predicted molar refractivity (Wildman–Crippen MR) is 180 cm³/mol. The molecule has 9 N–H and O–H groups in total. The lowest BCUT2D eigenvalue weighted by molar-refractivity contribution is -0.134. The van der Waals surface area contributed by atoms with Gasteiger partial charge in [0.1, 0.15) is 6.04 Å². The number of aromatic nitrogens is 1. The zero-order valence-electron chi connectivity index (χ0n) is 26.4. The van der Waals surface area contributed by atoms with Crippen LogP contribution in [-0.2, 0) is 33.8 Å². The van der Waals surface area contributed by atoms with E-state index in [0.29, 0.717) is 35.4 Å². The highest BCUT2D eigenvalue weighted by Gasteiger charge is 2.38. The van der Waals surface area contributed by atoms with Crippen LogP contribution in [-0.4, -0.2) is 92.4 Å². The van der Waals surface area contributed by atoms with E-state index >= 15 is 0 Å². The zero-order valence-corrected chi connectivity index (χ0v) is 26.4. The summed E-state index contributed by atoms with van der Waals surface area (Å²) in [5.74, 6) is -3.03. The Morgan fingerprint density at radius 1 is 0.896 bits per heavy atom. The first-order chi connectivity index (χ1) is 22.0. The van der Waals surface area contributed by atoms with Gasteiger partial charge in [-0.3, -0.25) is 14.5 Å². The van der Waals surface area contributed by atoms with E-state index in [-0.39, 0.29) is 29.3 Å². The molecule has 254 valence electrons. The van der Waals surface area contributed by atoms with Gasteiger partial charge in [-0.15, -0.1) is 0 Å². The van der Waals surface area contributed by atoms with Crippen LogP contribution in [0.4, 0.5) is 10.5 Å². The average molecular weight is 662 g/mol. The molecule has 0 radical (unpaired) electrons. The maximum absolute atomic E-state index is 13.2. The van der Waals surface area contributed by atoms with Gasteiger partial charge in [0.2, 0.25) is 0 Å². The number of imide groups is 1. The van der Waals surface area contributed by atoms with Crippen molar-refractivity contribution in [1.29, 1.82) is 0 Å². The Hall–Kier alpha value is -5.83. The molecule has 1 fully saturated rings. The SMILES string of the molecule is CN(C)CCc1c[nH]c2ccc(CC3NC(=O)N(Cc4cccc(C(=O)Nc5ccccc5)c4)C3=O)cc12.O.O.O=C(O)/C=C\C(=O)O. The Labute approximate surface area is 276 Å². The van der Waals surface area contributed by atoms with Gasteiger partial charge in [-0.2, -0.15) is 0 Å². The minimum Gasteiger partial charge on any atom is -0.478 e. The summed E-state index contributed by atoms with van der Waals surface area (Å²) in [5, 5.41) is 22.5. The van der Waals surface area contributed by atoms with Crippen molar-refractivity contribution < 1.29 is 45.1 Å². The fourth-order valence-corrected chi connectivity index (χ4v) is 4.86. The van der Waals surface area contributed by atoms with Crippen molar-refractivity contribution in [3.63, 3.8) is 0 Å². The molecule has 14 heteroatoms. The molecule has 1 aliphatic heterocycles. The Morgan fingerprint density at radius 3 is 2.23 bits per heavy atom. The molecule has 1 aliphatic rings. The summed E-state index contributed by atoms with van der Waals surface area (Å²) in [7, 11) is 4.10. The van der Waals surface area contributed by atoms with Crippen LogP contribution in [0.25, 0.3) is 10.9 Å². The molecule has 1 atom stereocenters. The summed E-state index contributed by atoms with van der Waals surface area (Å²) in [6, 6.07) is 21.2. The largest absolute Gasteiger partial charge is 0.478 e. The number of urea groups is 1. The van der Waals surface area contributed by atoms with Crippen molar-refractivity contribution in [3.05, 3.63) is 113 Å². The van der Waals surface area contributed by atoms with Gasteiger partial charge < -0.3 is 41.7 Å². The van der Waals surface area contributed by atoms with E-state index in [2.05, 4.69) is 40.7 Å². The van der Waals surface area contributed by atoms with E-state index < -0.39 is 24.0 Å². The van der Waals surface area contributed by atoms with Gasteiger partial charge in [0.05, 0.1) is 6.54 Å².